The van der Waals surface area contributed by atoms with Gasteiger partial charge >= 0.3 is 0 Å². The molecule has 13 heavy (non-hydrogen) atoms. The first kappa shape index (κ1) is 11.6. The Hall–Kier alpha value is -1.40. The quantitative estimate of drug-likeness (QED) is 0.277. The van der Waals surface area contributed by atoms with Crippen LogP contribution in [0.4, 0.5) is 0 Å². The van der Waals surface area contributed by atoms with E-state index in [4.69, 9.17) is 10.4 Å². The minimum absolute atomic E-state index is 0.108. The summed E-state index contributed by atoms with van der Waals surface area (Å²) in [5, 5.41) is 16.5. The van der Waals surface area contributed by atoms with Crippen LogP contribution < -0.4 is 11.0 Å². The van der Waals surface area contributed by atoms with Gasteiger partial charge in [-0.1, -0.05) is 13.3 Å². The van der Waals surface area contributed by atoms with Crippen molar-refractivity contribution in [1.82, 2.24) is 11.0 Å². The molecule has 74 valence electrons. The lowest BCUT2D eigenvalue weighted by Crippen LogP contribution is -2.24. The molecule has 6 nitrogen and oxygen atoms in total. The Bertz CT molecular complexity index is 225. The lowest BCUT2D eigenvalue weighted by molar-refractivity contribution is -0.127. The topological polar surface area (TPSA) is 98.7 Å². The van der Waals surface area contributed by atoms with Crippen molar-refractivity contribution in [1.29, 1.82) is 0 Å². The number of amides is 2. The minimum Gasteiger partial charge on any atom is -0.288 e. The third kappa shape index (κ3) is 4.24. The van der Waals surface area contributed by atoms with Crippen LogP contribution in [0.1, 0.15) is 19.8 Å². The molecule has 0 atom stereocenters. The fraction of sp³-hybridized carbons (Fsp3) is 0.429. The van der Waals surface area contributed by atoms with Crippen molar-refractivity contribution >= 4 is 11.8 Å². The predicted molar refractivity (Wildman–Crippen MR) is 42.8 cm³/mol. The molecule has 0 bridgehead atoms. The number of hydroxylamine groups is 2. The third-order valence-electron chi connectivity index (χ3n) is 1.33. The maximum absolute atomic E-state index is 10.9. The molecule has 0 spiro atoms. The summed E-state index contributed by atoms with van der Waals surface area (Å²) in [6.07, 6.45) is 1.92. The van der Waals surface area contributed by atoms with Gasteiger partial charge < -0.3 is 0 Å². The zero-order valence-corrected chi connectivity index (χ0v) is 7.20. The van der Waals surface area contributed by atoms with Crippen LogP contribution in [-0.4, -0.2) is 22.2 Å². The molecule has 0 rings (SSSR count). The molecule has 0 aromatic heterocycles. The van der Waals surface area contributed by atoms with E-state index in [2.05, 4.69) is 0 Å². The molecule has 0 saturated carbocycles. The molecule has 6 heteroatoms. The molecular weight excluding hydrogens is 176 g/mol. The fourth-order valence-electron chi connectivity index (χ4n) is 0.783. The molecule has 0 aliphatic carbocycles. The largest absolute Gasteiger partial charge is 0.288 e. The SMILES string of the molecule is CCC/C(=C\C(=O)NO)C(=O)NO. The molecule has 0 unspecified atom stereocenters. The second-order valence-electron chi connectivity index (χ2n) is 2.34. The van der Waals surface area contributed by atoms with Crippen LogP contribution in [-0.2, 0) is 9.59 Å². The maximum Gasteiger partial charge on any atom is 0.270 e. The van der Waals surface area contributed by atoms with Gasteiger partial charge in [-0.25, -0.2) is 11.0 Å². The van der Waals surface area contributed by atoms with E-state index in [1.807, 2.05) is 6.92 Å². The molecule has 0 fully saturated rings. The van der Waals surface area contributed by atoms with Gasteiger partial charge in [0.25, 0.3) is 11.8 Å². The van der Waals surface area contributed by atoms with Crippen LogP contribution >= 0.6 is 0 Å². The Balaban J connectivity index is 4.48. The van der Waals surface area contributed by atoms with Crippen molar-refractivity contribution in [2.75, 3.05) is 0 Å². The standard InChI is InChI=1S/C7H12N2O4/c1-2-3-5(7(11)9-13)4-6(10)8-12/h4,12-13H,2-3H2,1H3,(H,8,10)(H,9,11)/b5-4+. The Morgan fingerprint density at radius 3 is 2.31 bits per heavy atom. The molecular formula is C7H12N2O4. The highest BCUT2D eigenvalue weighted by Gasteiger charge is 2.08. The fourth-order valence-corrected chi connectivity index (χ4v) is 0.783. The zero-order valence-electron chi connectivity index (χ0n) is 7.20. The van der Waals surface area contributed by atoms with E-state index in [0.29, 0.717) is 12.8 Å². The summed E-state index contributed by atoms with van der Waals surface area (Å²) in [7, 11) is 0. The number of hydrogen-bond acceptors (Lipinski definition) is 4. The van der Waals surface area contributed by atoms with Crippen LogP contribution in [0.5, 0.6) is 0 Å². The number of carbonyl (C=O) groups excluding carboxylic acids is 2. The van der Waals surface area contributed by atoms with Gasteiger partial charge in [0.1, 0.15) is 0 Å². The lowest BCUT2D eigenvalue weighted by Gasteiger charge is -2.02. The van der Waals surface area contributed by atoms with Gasteiger partial charge in [0.2, 0.25) is 0 Å². The molecule has 0 radical (unpaired) electrons. The first-order valence-electron chi connectivity index (χ1n) is 3.74. The summed E-state index contributed by atoms with van der Waals surface area (Å²) in [5.74, 6) is -1.54. The van der Waals surface area contributed by atoms with E-state index in [9.17, 15) is 9.59 Å². The number of carbonyl (C=O) groups is 2. The van der Waals surface area contributed by atoms with Crippen LogP contribution in [0.15, 0.2) is 11.6 Å². The number of nitrogens with one attached hydrogen (secondary N) is 2. The summed E-state index contributed by atoms with van der Waals surface area (Å²) >= 11 is 0. The monoisotopic (exact) mass is 188 g/mol. The molecule has 0 aliphatic heterocycles. The van der Waals surface area contributed by atoms with Crippen molar-refractivity contribution in [3.8, 4) is 0 Å². The Morgan fingerprint density at radius 1 is 1.31 bits per heavy atom. The summed E-state index contributed by atoms with van der Waals surface area (Å²) < 4.78 is 0. The molecule has 0 heterocycles. The van der Waals surface area contributed by atoms with Gasteiger partial charge in [0.05, 0.1) is 0 Å². The van der Waals surface area contributed by atoms with Gasteiger partial charge in [-0.05, 0) is 6.42 Å². The average molecular weight is 188 g/mol. The molecule has 4 N–H and O–H groups in total. The second-order valence-corrected chi connectivity index (χ2v) is 2.34. The normalized spacial score (nSPS) is 10.8. The summed E-state index contributed by atoms with van der Waals surface area (Å²) in [6.45, 7) is 1.81. The van der Waals surface area contributed by atoms with Crippen LogP contribution in [0.3, 0.4) is 0 Å². The van der Waals surface area contributed by atoms with Crippen LogP contribution in [0.25, 0.3) is 0 Å². The van der Waals surface area contributed by atoms with E-state index in [1.54, 1.807) is 0 Å². The summed E-state index contributed by atoms with van der Waals surface area (Å²) in [6, 6.07) is 0. The third-order valence-corrected chi connectivity index (χ3v) is 1.33. The summed E-state index contributed by atoms with van der Waals surface area (Å²) in [5.41, 5.74) is 2.87. The van der Waals surface area contributed by atoms with Crippen molar-refractivity contribution in [2.24, 2.45) is 0 Å². The highest BCUT2D eigenvalue weighted by atomic mass is 16.5. The van der Waals surface area contributed by atoms with Crippen LogP contribution in [0.2, 0.25) is 0 Å². The lowest BCUT2D eigenvalue weighted by atomic mass is 10.1. The van der Waals surface area contributed by atoms with E-state index < -0.39 is 11.8 Å². The molecule has 2 amide bonds. The Morgan fingerprint density at radius 2 is 1.92 bits per heavy atom. The zero-order chi connectivity index (χ0) is 10.3. The second kappa shape index (κ2) is 6.15. The highest BCUT2D eigenvalue weighted by Crippen LogP contribution is 2.03. The molecule has 0 aromatic rings. The molecule has 0 aliphatic rings. The first-order chi connectivity index (χ1) is 6.15. The molecule has 0 aromatic carbocycles. The van der Waals surface area contributed by atoms with Gasteiger partial charge in [-0.2, -0.15) is 0 Å². The van der Waals surface area contributed by atoms with Crippen molar-refractivity contribution < 1.29 is 20.0 Å². The van der Waals surface area contributed by atoms with E-state index in [1.165, 1.54) is 11.0 Å². The van der Waals surface area contributed by atoms with Gasteiger partial charge in [0, 0.05) is 11.6 Å². The van der Waals surface area contributed by atoms with E-state index >= 15 is 0 Å². The minimum atomic E-state index is -0.799. The maximum atomic E-state index is 10.9. The van der Waals surface area contributed by atoms with Gasteiger partial charge in [-0.3, -0.25) is 20.0 Å². The van der Waals surface area contributed by atoms with E-state index in [-0.39, 0.29) is 5.57 Å². The predicted octanol–water partition coefficient (Wildman–Crippen LogP) is -0.276. The Labute approximate surface area is 75.2 Å². The highest BCUT2D eigenvalue weighted by molar-refractivity contribution is 6.00. The van der Waals surface area contributed by atoms with Crippen molar-refractivity contribution in [3.63, 3.8) is 0 Å². The van der Waals surface area contributed by atoms with Gasteiger partial charge in [-0.15, -0.1) is 0 Å². The van der Waals surface area contributed by atoms with E-state index in [0.717, 1.165) is 6.08 Å². The first-order valence-corrected chi connectivity index (χ1v) is 3.74. The number of hydrogen-bond donors (Lipinski definition) is 4. The van der Waals surface area contributed by atoms with Crippen LogP contribution in [0, 0.1) is 0 Å². The number of rotatable bonds is 4. The Kier molecular flexibility index (Phi) is 5.49. The van der Waals surface area contributed by atoms with Crippen molar-refractivity contribution in [2.45, 2.75) is 19.8 Å². The van der Waals surface area contributed by atoms with Gasteiger partial charge in [0.15, 0.2) is 0 Å². The molecule has 0 saturated heterocycles. The average Bonchev–Trinajstić information content (AvgIpc) is 2.15. The smallest absolute Gasteiger partial charge is 0.270 e. The van der Waals surface area contributed by atoms with Crippen molar-refractivity contribution in [3.05, 3.63) is 11.6 Å². The summed E-state index contributed by atoms with van der Waals surface area (Å²) in [4.78, 5) is 21.5.